The number of hydrogen-bond acceptors (Lipinski definition) is 3. The molecule has 2 aromatic rings. The maximum Gasteiger partial charge on any atom is 0.387 e. The van der Waals surface area contributed by atoms with Crippen LogP contribution in [0.2, 0.25) is 0 Å². The van der Waals surface area contributed by atoms with Crippen LogP contribution in [-0.2, 0) is 6.42 Å². The van der Waals surface area contributed by atoms with Crippen molar-refractivity contribution >= 4 is 0 Å². The van der Waals surface area contributed by atoms with Gasteiger partial charge in [-0.2, -0.15) is 8.78 Å². The second-order valence-electron chi connectivity index (χ2n) is 5.02. The number of furan rings is 1. The maximum absolute atomic E-state index is 12.1. The van der Waals surface area contributed by atoms with Crippen LogP contribution in [-0.4, -0.2) is 12.7 Å². The van der Waals surface area contributed by atoms with Gasteiger partial charge in [-0.3, -0.25) is 0 Å². The molecule has 3 nitrogen and oxygen atoms in total. The van der Waals surface area contributed by atoms with Crippen LogP contribution in [0.15, 0.2) is 47.1 Å². The van der Waals surface area contributed by atoms with Crippen LogP contribution in [0.5, 0.6) is 5.75 Å². The molecule has 0 fully saturated rings. The van der Waals surface area contributed by atoms with E-state index in [9.17, 15) is 8.78 Å². The first-order chi connectivity index (χ1) is 10.0. The molecule has 1 aromatic heterocycles. The highest BCUT2D eigenvalue weighted by Crippen LogP contribution is 2.20. The molecule has 0 aliphatic heterocycles. The molecule has 0 saturated carbocycles. The number of rotatable bonds is 7. The van der Waals surface area contributed by atoms with Crippen molar-refractivity contribution in [3.63, 3.8) is 0 Å². The summed E-state index contributed by atoms with van der Waals surface area (Å²) < 4.78 is 33.8. The molecule has 1 heterocycles. The summed E-state index contributed by atoms with van der Waals surface area (Å²) in [6.45, 7) is 1.31. The molecule has 0 aliphatic carbocycles. The Hall–Kier alpha value is -1.88. The third-order valence-corrected chi connectivity index (χ3v) is 3.23. The average molecular weight is 295 g/mol. The largest absolute Gasteiger partial charge is 0.469 e. The van der Waals surface area contributed by atoms with Crippen molar-refractivity contribution in [3.8, 4) is 5.75 Å². The fraction of sp³-hybridized carbons (Fsp3) is 0.375. The number of nitrogens with one attached hydrogen (secondary N) is 1. The average Bonchev–Trinajstić information content (AvgIpc) is 2.91. The molecule has 21 heavy (non-hydrogen) atoms. The predicted molar refractivity (Wildman–Crippen MR) is 76.5 cm³/mol. The summed E-state index contributed by atoms with van der Waals surface area (Å²) in [7, 11) is 0. The van der Waals surface area contributed by atoms with Gasteiger partial charge in [0, 0.05) is 18.5 Å². The van der Waals surface area contributed by atoms with Gasteiger partial charge >= 0.3 is 6.61 Å². The van der Waals surface area contributed by atoms with Gasteiger partial charge in [-0.15, -0.1) is 0 Å². The highest BCUT2D eigenvalue weighted by Gasteiger charge is 2.12. The summed E-state index contributed by atoms with van der Waals surface area (Å²) in [5.74, 6) is 1.10. The molecule has 1 aromatic carbocycles. The zero-order valence-electron chi connectivity index (χ0n) is 12.1. The van der Waals surface area contributed by atoms with E-state index in [0.29, 0.717) is 0 Å². The molecule has 0 radical (unpaired) electrons. The van der Waals surface area contributed by atoms with Crippen LogP contribution in [0.1, 0.15) is 31.2 Å². The quantitative estimate of drug-likeness (QED) is 0.832. The zero-order chi connectivity index (χ0) is 15.2. The van der Waals surface area contributed by atoms with Gasteiger partial charge in [0.15, 0.2) is 0 Å². The van der Waals surface area contributed by atoms with Crippen molar-refractivity contribution in [1.29, 1.82) is 0 Å². The van der Waals surface area contributed by atoms with E-state index in [2.05, 4.69) is 17.0 Å². The Labute approximate surface area is 122 Å². The molecule has 0 saturated heterocycles. The Bertz CT molecular complexity index is 526. The Balaban J connectivity index is 1.88. The van der Waals surface area contributed by atoms with Crippen molar-refractivity contribution < 1.29 is 17.9 Å². The van der Waals surface area contributed by atoms with Gasteiger partial charge in [0.25, 0.3) is 0 Å². The summed E-state index contributed by atoms with van der Waals surface area (Å²) in [4.78, 5) is 0. The lowest BCUT2D eigenvalue weighted by atomic mass is 10.1. The second kappa shape index (κ2) is 7.22. The molecule has 5 heteroatoms. The SMILES string of the molecule is CC(Cc1ccco1)NC(C)c1ccc(OC(F)F)cc1. The lowest BCUT2D eigenvalue weighted by Gasteiger charge is -2.20. The number of halogens is 2. The van der Waals surface area contributed by atoms with Crippen molar-refractivity contribution in [2.75, 3.05) is 0 Å². The van der Waals surface area contributed by atoms with E-state index in [1.54, 1.807) is 30.5 Å². The first-order valence-corrected chi connectivity index (χ1v) is 6.88. The lowest BCUT2D eigenvalue weighted by molar-refractivity contribution is -0.0498. The van der Waals surface area contributed by atoms with Crippen molar-refractivity contribution in [2.45, 2.75) is 39.0 Å². The highest BCUT2D eigenvalue weighted by molar-refractivity contribution is 5.29. The van der Waals surface area contributed by atoms with E-state index in [4.69, 9.17) is 4.42 Å². The Morgan fingerprint density at radius 2 is 1.86 bits per heavy atom. The minimum atomic E-state index is -2.79. The first kappa shape index (κ1) is 15.5. The Morgan fingerprint density at radius 3 is 2.43 bits per heavy atom. The maximum atomic E-state index is 12.1. The van der Waals surface area contributed by atoms with Crippen molar-refractivity contribution in [1.82, 2.24) is 5.32 Å². The smallest absolute Gasteiger partial charge is 0.387 e. The molecule has 114 valence electrons. The summed E-state index contributed by atoms with van der Waals surface area (Å²) in [6.07, 6.45) is 2.46. The first-order valence-electron chi connectivity index (χ1n) is 6.88. The fourth-order valence-corrected chi connectivity index (χ4v) is 2.25. The minimum Gasteiger partial charge on any atom is -0.469 e. The van der Waals surface area contributed by atoms with E-state index < -0.39 is 6.61 Å². The van der Waals surface area contributed by atoms with Crippen LogP contribution in [0.4, 0.5) is 8.78 Å². The molecule has 0 amide bonds. The third kappa shape index (κ3) is 4.86. The standard InChI is InChI=1S/C16H19F2NO2/c1-11(10-15-4-3-9-20-15)19-12(2)13-5-7-14(8-6-13)21-16(17)18/h3-9,11-12,16,19H,10H2,1-2H3. The van der Waals surface area contributed by atoms with Crippen LogP contribution >= 0.6 is 0 Å². The monoisotopic (exact) mass is 295 g/mol. The van der Waals surface area contributed by atoms with Gasteiger partial charge in [0.1, 0.15) is 11.5 Å². The van der Waals surface area contributed by atoms with Crippen molar-refractivity contribution in [3.05, 3.63) is 54.0 Å². The normalized spacial score (nSPS) is 14.1. The summed E-state index contributed by atoms with van der Waals surface area (Å²) in [5.41, 5.74) is 1.02. The summed E-state index contributed by atoms with van der Waals surface area (Å²) in [6, 6.07) is 10.8. The third-order valence-electron chi connectivity index (χ3n) is 3.23. The van der Waals surface area contributed by atoms with Crippen LogP contribution < -0.4 is 10.1 Å². The molecule has 0 spiro atoms. The minimum absolute atomic E-state index is 0.107. The van der Waals surface area contributed by atoms with Gasteiger partial charge in [-0.25, -0.2) is 0 Å². The zero-order valence-corrected chi connectivity index (χ0v) is 12.1. The Kier molecular flexibility index (Phi) is 5.33. The van der Waals surface area contributed by atoms with Gasteiger partial charge in [-0.1, -0.05) is 12.1 Å². The number of benzene rings is 1. The Morgan fingerprint density at radius 1 is 1.14 bits per heavy atom. The molecular formula is C16H19F2NO2. The van der Waals surface area contributed by atoms with Gasteiger partial charge in [0.05, 0.1) is 6.26 Å². The van der Waals surface area contributed by atoms with E-state index >= 15 is 0 Å². The molecule has 1 N–H and O–H groups in total. The predicted octanol–water partition coefficient (Wildman–Crippen LogP) is 4.16. The highest BCUT2D eigenvalue weighted by atomic mass is 19.3. The number of alkyl halides is 2. The molecule has 2 rings (SSSR count). The molecular weight excluding hydrogens is 276 g/mol. The van der Waals surface area contributed by atoms with Crippen LogP contribution in [0.25, 0.3) is 0 Å². The molecule has 0 bridgehead atoms. The molecule has 0 aliphatic rings. The summed E-state index contributed by atoms with van der Waals surface area (Å²) in [5, 5.41) is 3.45. The fourth-order valence-electron chi connectivity index (χ4n) is 2.25. The van der Waals surface area contributed by atoms with Crippen LogP contribution in [0, 0.1) is 0 Å². The number of ether oxygens (including phenoxy) is 1. The topological polar surface area (TPSA) is 34.4 Å². The van der Waals surface area contributed by atoms with E-state index in [1.165, 1.54) is 0 Å². The van der Waals surface area contributed by atoms with Gasteiger partial charge < -0.3 is 14.5 Å². The van der Waals surface area contributed by atoms with E-state index in [0.717, 1.165) is 17.7 Å². The van der Waals surface area contributed by atoms with E-state index in [1.807, 2.05) is 19.1 Å². The van der Waals surface area contributed by atoms with Gasteiger partial charge in [-0.05, 0) is 43.7 Å². The van der Waals surface area contributed by atoms with Gasteiger partial charge in [0.2, 0.25) is 0 Å². The van der Waals surface area contributed by atoms with Crippen LogP contribution in [0.3, 0.4) is 0 Å². The van der Waals surface area contributed by atoms with Crippen molar-refractivity contribution in [2.24, 2.45) is 0 Å². The second-order valence-corrected chi connectivity index (χ2v) is 5.02. The van der Waals surface area contributed by atoms with E-state index in [-0.39, 0.29) is 17.8 Å². The lowest BCUT2D eigenvalue weighted by Crippen LogP contribution is -2.30. The number of hydrogen-bond donors (Lipinski definition) is 1. The summed E-state index contributed by atoms with van der Waals surface area (Å²) >= 11 is 0. The molecule has 2 atom stereocenters. The molecule has 2 unspecified atom stereocenters.